The molecule has 0 bridgehead atoms. The van der Waals surface area contributed by atoms with Gasteiger partial charge in [-0.25, -0.2) is 4.79 Å². The maximum Gasteiger partial charge on any atom is 0.330 e. The largest absolute Gasteiger partial charge is 0.507 e. The van der Waals surface area contributed by atoms with Crippen LogP contribution < -0.4 is 0 Å². The Kier molecular flexibility index (Phi) is 4.37. The predicted octanol–water partition coefficient (Wildman–Crippen LogP) is 2.73. The SMILES string of the molecule is CCOC(=O)/C=C/c1cccc(O)c1Br. The Morgan fingerprint density at radius 3 is 3.00 bits per heavy atom. The van der Waals surface area contributed by atoms with E-state index in [0.29, 0.717) is 11.1 Å². The Bertz CT molecular complexity index is 385. The number of aromatic hydroxyl groups is 1. The van der Waals surface area contributed by atoms with E-state index in [9.17, 15) is 9.90 Å². The average Bonchev–Trinajstić information content (AvgIpc) is 2.21. The van der Waals surface area contributed by atoms with E-state index in [4.69, 9.17) is 4.74 Å². The van der Waals surface area contributed by atoms with Crippen molar-refractivity contribution in [2.45, 2.75) is 6.92 Å². The fraction of sp³-hybridized carbons (Fsp3) is 0.182. The standard InChI is InChI=1S/C11H11BrO3/c1-2-15-10(14)7-6-8-4-3-5-9(13)11(8)12/h3-7,13H,2H2,1H3/b7-6+. The van der Waals surface area contributed by atoms with E-state index >= 15 is 0 Å². The quantitative estimate of drug-likeness (QED) is 0.679. The molecule has 0 aromatic heterocycles. The Morgan fingerprint density at radius 2 is 2.33 bits per heavy atom. The van der Waals surface area contributed by atoms with E-state index in [2.05, 4.69) is 15.9 Å². The molecular weight excluding hydrogens is 260 g/mol. The van der Waals surface area contributed by atoms with Gasteiger partial charge in [-0.2, -0.15) is 0 Å². The van der Waals surface area contributed by atoms with E-state index < -0.39 is 5.97 Å². The highest BCUT2D eigenvalue weighted by atomic mass is 79.9. The second-order valence-electron chi connectivity index (χ2n) is 2.77. The molecule has 0 aliphatic carbocycles. The molecule has 4 heteroatoms. The van der Waals surface area contributed by atoms with Crippen LogP contribution in [0.2, 0.25) is 0 Å². The van der Waals surface area contributed by atoms with Gasteiger partial charge in [0.2, 0.25) is 0 Å². The first kappa shape index (κ1) is 11.8. The van der Waals surface area contributed by atoms with Crippen molar-refractivity contribution in [3.05, 3.63) is 34.3 Å². The van der Waals surface area contributed by atoms with Crippen LogP contribution in [0.25, 0.3) is 6.08 Å². The van der Waals surface area contributed by atoms with Crippen LogP contribution >= 0.6 is 15.9 Å². The molecular formula is C11H11BrO3. The zero-order valence-corrected chi connectivity index (χ0v) is 9.82. The highest BCUT2D eigenvalue weighted by Crippen LogP contribution is 2.27. The minimum absolute atomic E-state index is 0.140. The Morgan fingerprint density at radius 1 is 1.60 bits per heavy atom. The van der Waals surface area contributed by atoms with Crippen molar-refractivity contribution < 1.29 is 14.6 Å². The first-order valence-corrected chi connectivity index (χ1v) is 5.26. The van der Waals surface area contributed by atoms with Gasteiger partial charge in [0.25, 0.3) is 0 Å². The molecule has 1 aromatic carbocycles. The van der Waals surface area contributed by atoms with Crippen molar-refractivity contribution in [3.63, 3.8) is 0 Å². The number of carbonyl (C=O) groups excluding carboxylic acids is 1. The van der Waals surface area contributed by atoms with Crippen LogP contribution in [0.4, 0.5) is 0 Å². The second-order valence-corrected chi connectivity index (χ2v) is 3.56. The highest BCUT2D eigenvalue weighted by Gasteiger charge is 2.01. The first-order valence-electron chi connectivity index (χ1n) is 4.47. The van der Waals surface area contributed by atoms with Gasteiger partial charge in [0.1, 0.15) is 5.75 Å². The number of esters is 1. The fourth-order valence-corrected chi connectivity index (χ4v) is 1.41. The normalized spacial score (nSPS) is 10.5. The van der Waals surface area contributed by atoms with Gasteiger partial charge in [0.15, 0.2) is 0 Å². The van der Waals surface area contributed by atoms with Crippen LogP contribution in [0.3, 0.4) is 0 Å². The Labute approximate surface area is 96.5 Å². The molecule has 3 nitrogen and oxygen atoms in total. The van der Waals surface area contributed by atoms with Crippen LogP contribution in [0.5, 0.6) is 5.75 Å². The van der Waals surface area contributed by atoms with Crippen LogP contribution in [-0.2, 0) is 9.53 Å². The summed E-state index contributed by atoms with van der Waals surface area (Å²) in [6.07, 6.45) is 2.91. The van der Waals surface area contributed by atoms with Crippen molar-refractivity contribution in [2.24, 2.45) is 0 Å². The summed E-state index contributed by atoms with van der Waals surface area (Å²) >= 11 is 3.22. The van der Waals surface area contributed by atoms with Crippen molar-refractivity contribution in [3.8, 4) is 5.75 Å². The van der Waals surface area contributed by atoms with Crippen molar-refractivity contribution in [1.82, 2.24) is 0 Å². The van der Waals surface area contributed by atoms with Crippen molar-refractivity contribution in [2.75, 3.05) is 6.61 Å². The molecule has 0 amide bonds. The number of halogens is 1. The molecule has 0 saturated carbocycles. The molecule has 0 radical (unpaired) electrons. The van der Waals surface area contributed by atoms with Crippen molar-refractivity contribution >= 4 is 28.0 Å². The minimum atomic E-state index is -0.396. The third-order valence-corrected chi connectivity index (χ3v) is 2.56. The zero-order valence-electron chi connectivity index (χ0n) is 8.24. The summed E-state index contributed by atoms with van der Waals surface area (Å²) in [6, 6.07) is 5.04. The lowest BCUT2D eigenvalue weighted by atomic mass is 10.2. The summed E-state index contributed by atoms with van der Waals surface area (Å²) in [5.41, 5.74) is 0.725. The van der Waals surface area contributed by atoms with Crippen molar-refractivity contribution in [1.29, 1.82) is 0 Å². The van der Waals surface area contributed by atoms with Gasteiger partial charge in [0, 0.05) is 6.08 Å². The summed E-state index contributed by atoms with van der Waals surface area (Å²) in [4.78, 5) is 11.0. The van der Waals surface area contributed by atoms with E-state index in [1.54, 1.807) is 31.2 Å². The van der Waals surface area contributed by atoms with Gasteiger partial charge in [-0.1, -0.05) is 12.1 Å². The number of ether oxygens (including phenoxy) is 1. The first-order chi connectivity index (χ1) is 7.15. The molecule has 1 N–H and O–H groups in total. The Balaban J connectivity index is 2.81. The predicted molar refractivity (Wildman–Crippen MR) is 61.5 cm³/mol. The van der Waals surface area contributed by atoms with Gasteiger partial charge < -0.3 is 9.84 Å². The highest BCUT2D eigenvalue weighted by molar-refractivity contribution is 9.10. The minimum Gasteiger partial charge on any atom is -0.507 e. The summed E-state index contributed by atoms with van der Waals surface area (Å²) in [6.45, 7) is 2.10. The van der Waals surface area contributed by atoms with Gasteiger partial charge in [-0.05, 0) is 40.6 Å². The molecule has 0 unspecified atom stereocenters. The van der Waals surface area contributed by atoms with E-state index in [1.165, 1.54) is 6.08 Å². The van der Waals surface area contributed by atoms with Crippen LogP contribution in [0.1, 0.15) is 12.5 Å². The van der Waals surface area contributed by atoms with Gasteiger partial charge in [-0.3, -0.25) is 0 Å². The summed E-state index contributed by atoms with van der Waals surface area (Å²) in [5.74, 6) is -0.256. The molecule has 0 heterocycles. The smallest absolute Gasteiger partial charge is 0.330 e. The number of phenolic OH excluding ortho intramolecular Hbond substituents is 1. The topological polar surface area (TPSA) is 46.5 Å². The molecule has 15 heavy (non-hydrogen) atoms. The molecule has 0 aliphatic rings. The molecule has 0 saturated heterocycles. The lowest BCUT2D eigenvalue weighted by molar-refractivity contribution is -0.137. The number of phenols is 1. The lowest BCUT2D eigenvalue weighted by Gasteiger charge is -2.00. The number of hydrogen-bond acceptors (Lipinski definition) is 3. The van der Waals surface area contributed by atoms with Crippen LogP contribution in [0.15, 0.2) is 28.7 Å². The maximum absolute atomic E-state index is 11.0. The molecule has 0 aliphatic heterocycles. The van der Waals surface area contributed by atoms with Gasteiger partial charge >= 0.3 is 5.97 Å². The second kappa shape index (κ2) is 5.56. The monoisotopic (exact) mass is 270 g/mol. The van der Waals surface area contributed by atoms with Gasteiger partial charge in [0.05, 0.1) is 11.1 Å². The van der Waals surface area contributed by atoms with Crippen LogP contribution in [0, 0.1) is 0 Å². The summed E-state index contributed by atoms with van der Waals surface area (Å²) < 4.78 is 5.29. The number of benzene rings is 1. The third-order valence-electron chi connectivity index (χ3n) is 1.69. The maximum atomic E-state index is 11.0. The van der Waals surface area contributed by atoms with E-state index in [-0.39, 0.29) is 5.75 Å². The number of carbonyl (C=O) groups is 1. The molecule has 80 valence electrons. The van der Waals surface area contributed by atoms with Crippen LogP contribution in [-0.4, -0.2) is 17.7 Å². The summed E-state index contributed by atoms with van der Waals surface area (Å²) in [5, 5.41) is 9.37. The lowest BCUT2D eigenvalue weighted by Crippen LogP contribution is -1.98. The average molecular weight is 271 g/mol. The van der Waals surface area contributed by atoms with Gasteiger partial charge in [-0.15, -0.1) is 0 Å². The number of rotatable bonds is 3. The summed E-state index contributed by atoms with van der Waals surface area (Å²) in [7, 11) is 0. The fourth-order valence-electron chi connectivity index (χ4n) is 1.01. The third kappa shape index (κ3) is 3.40. The van der Waals surface area contributed by atoms with E-state index in [1.807, 2.05) is 0 Å². The molecule has 1 rings (SSSR count). The number of hydrogen-bond donors (Lipinski definition) is 1. The Hall–Kier alpha value is -1.29. The molecule has 1 aromatic rings. The zero-order chi connectivity index (χ0) is 11.3. The van der Waals surface area contributed by atoms with E-state index in [0.717, 1.165) is 5.56 Å². The molecule has 0 atom stereocenters. The molecule has 0 fully saturated rings. The molecule has 0 spiro atoms.